The third kappa shape index (κ3) is 2.05. The molecule has 0 amide bonds. The minimum atomic E-state index is 0.285. The first-order valence-corrected chi connectivity index (χ1v) is 4.75. The van der Waals surface area contributed by atoms with E-state index < -0.39 is 0 Å². The van der Waals surface area contributed by atoms with Crippen LogP contribution in [0.15, 0.2) is 12.1 Å². The van der Waals surface area contributed by atoms with E-state index in [1.165, 1.54) is 0 Å². The van der Waals surface area contributed by atoms with Crippen molar-refractivity contribution in [2.75, 3.05) is 0 Å². The van der Waals surface area contributed by atoms with E-state index in [-0.39, 0.29) is 5.92 Å². The van der Waals surface area contributed by atoms with Crippen LogP contribution in [0, 0.1) is 18.3 Å². The summed E-state index contributed by atoms with van der Waals surface area (Å²) in [5.74, 6) is 0.618. The van der Waals surface area contributed by atoms with Crippen LogP contribution < -0.4 is 0 Å². The molecule has 0 radical (unpaired) electrons. The van der Waals surface area contributed by atoms with Crippen molar-refractivity contribution >= 4 is 0 Å². The standard InChI is InChI=1S/C12H15NO/c1-8(2)11-7-10(4-5-13)9(3)6-12(11)14/h6-8,14H,4H2,1-3H3. The zero-order chi connectivity index (χ0) is 10.7. The van der Waals surface area contributed by atoms with Crippen LogP contribution in [0.5, 0.6) is 5.75 Å². The number of hydrogen-bond acceptors (Lipinski definition) is 2. The van der Waals surface area contributed by atoms with E-state index >= 15 is 0 Å². The number of phenols is 1. The van der Waals surface area contributed by atoms with Gasteiger partial charge in [0.2, 0.25) is 0 Å². The molecule has 0 heterocycles. The van der Waals surface area contributed by atoms with Crippen LogP contribution in [0.1, 0.15) is 36.5 Å². The van der Waals surface area contributed by atoms with Crippen LogP contribution in [-0.2, 0) is 6.42 Å². The Bertz CT molecular complexity index is 375. The maximum absolute atomic E-state index is 9.67. The summed E-state index contributed by atoms with van der Waals surface area (Å²) in [5.41, 5.74) is 2.91. The fourth-order valence-electron chi connectivity index (χ4n) is 1.49. The fourth-order valence-corrected chi connectivity index (χ4v) is 1.49. The fraction of sp³-hybridized carbons (Fsp3) is 0.417. The lowest BCUT2D eigenvalue weighted by Gasteiger charge is -2.11. The molecule has 0 aliphatic carbocycles. The molecule has 0 saturated heterocycles. The number of benzene rings is 1. The average molecular weight is 189 g/mol. The summed E-state index contributed by atoms with van der Waals surface area (Å²) in [6.45, 7) is 5.97. The Morgan fingerprint density at radius 1 is 1.43 bits per heavy atom. The largest absolute Gasteiger partial charge is 0.508 e. The molecule has 0 bridgehead atoms. The molecular weight excluding hydrogens is 174 g/mol. The van der Waals surface area contributed by atoms with Gasteiger partial charge in [0.15, 0.2) is 0 Å². The van der Waals surface area contributed by atoms with E-state index in [0.29, 0.717) is 12.2 Å². The van der Waals surface area contributed by atoms with Gasteiger partial charge in [-0.3, -0.25) is 0 Å². The van der Waals surface area contributed by atoms with Gasteiger partial charge in [0, 0.05) is 0 Å². The molecule has 1 aromatic carbocycles. The first-order valence-electron chi connectivity index (χ1n) is 4.75. The Hall–Kier alpha value is -1.49. The van der Waals surface area contributed by atoms with E-state index in [1.807, 2.05) is 26.8 Å². The normalized spacial score (nSPS) is 10.2. The van der Waals surface area contributed by atoms with Crippen molar-refractivity contribution in [2.24, 2.45) is 0 Å². The van der Waals surface area contributed by atoms with Crippen molar-refractivity contribution in [2.45, 2.75) is 33.1 Å². The zero-order valence-corrected chi connectivity index (χ0v) is 8.83. The first-order chi connectivity index (χ1) is 6.56. The highest BCUT2D eigenvalue weighted by Crippen LogP contribution is 2.28. The third-order valence-electron chi connectivity index (χ3n) is 2.38. The number of phenolic OH excluding ortho intramolecular Hbond substituents is 1. The summed E-state index contributed by atoms with van der Waals surface area (Å²) < 4.78 is 0. The van der Waals surface area contributed by atoms with E-state index in [9.17, 15) is 5.11 Å². The van der Waals surface area contributed by atoms with Gasteiger partial charge < -0.3 is 5.11 Å². The number of hydrogen-bond donors (Lipinski definition) is 1. The zero-order valence-electron chi connectivity index (χ0n) is 8.83. The first kappa shape index (κ1) is 10.6. The lowest BCUT2D eigenvalue weighted by Crippen LogP contribution is -1.94. The molecule has 2 nitrogen and oxygen atoms in total. The van der Waals surface area contributed by atoms with Crippen LogP contribution in [-0.4, -0.2) is 5.11 Å². The smallest absolute Gasteiger partial charge is 0.119 e. The van der Waals surface area contributed by atoms with Crippen LogP contribution in [0.2, 0.25) is 0 Å². The molecule has 0 aliphatic heterocycles. The van der Waals surface area contributed by atoms with Crippen molar-refractivity contribution in [3.63, 3.8) is 0 Å². The van der Waals surface area contributed by atoms with Gasteiger partial charge in [-0.2, -0.15) is 5.26 Å². The molecule has 1 rings (SSSR count). The van der Waals surface area contributed by atoms with Gasteiger partial charge >= 0.3 is 0 Å². The molecule has 74 valence electrons. The molecule has 0 aromatic heterocycles. The summed E-state index contributed by atoms with van der Waals surface area (Å²) in [6.07, 6.45) is 0.409. The van der Waals surface area contributed by atoms with E-state index in [2.05, 4.69) is 6.07 Å². The summed E-state index contributed by atoms with van der Waals surface area (Å²) >= 11 is 0. The highest BCUT2D eigenvalue weighted by molar-refractivity contribution is 5.43. The van der Waals surface area contributed by atoms with Crippen molar-refractivity contribution in [3.8, 4) is 11.8 Å². The summed E-state index contributed by atoms with van der Waals surface area (Å²) in [4.78, 5) is 0. The maximum Gasteiger partial charge on any atom is 0.119 e. The monoisotopic (exact) mass is 189 g/mol. The minimum Gasteiger partial charge on any atom is -0.508 e. The summed E-state index contributed by atoms with van der Waals surface area (Å²) in [6, 6.07) is 5.80. The highest BCUT2D eigenvalue weighted by atomic mass is 16.3. The molecule has 0 spiro atoms. The summed E-state index contributed by atoms with van der Waals surface area (Å²) in [7, 11) is 0. The molecule has 0 fully saturated rings. The van der Waals surface area contributed by atoms with Gasteiger partial charge in [-0.15, -0.1) is 0 Å². The van der Waals surface area contributed by atoms with Crippen molar-refractivity contribution < 1.29 is 5.11 Å². The lowest BCUT2D eigenvalue weighted by atomic mass is 9.95. The van der Waals surface area contributed by atoms with Crippen LogP contribution >= 0.6 is 0 Å². The Labute approximate surface area is 84.8 Å². The number of rotatable bonds is 2. The Morgan fingerprint density at radius 2 is 2.07 bits per heavy atom. The second-order valence-corrected chi connectivity index (χ2v) is 3.83. The molecule has 0 unspecified atom stereocenters. The SMILES string of the molecule is Cc1cc(O)c(C(C)C)cc1CC#N. The third-order valence-corrected chi connectivity index (χ3v) is 2.38. The van der Waals surface area contributed by atoms with Gasteiger partial charge in [-0.05, 0) is 35.6 Å². The average Bonchev–Trinajstić information content (AvgIpc) is 2.09. The molecular formula is C12H15NO. The van der Waals surface area contributed by atoms with Crippen molar-refractivity contribution in [1.82, 2.24) is 0 Å². The molecule has 0 aliphatic rings. The molecule has 0 saturated carbocycles. The maximum atomic E-state index is 9.67. The van der Waals surface area contributed by atoms with Crippen LogP contribution in [0.3, 0.4) is 0 Å². The molecule has 1 N–H and O–H groups in total. The number of nitriles is 1. The minimum absolute atomic E-state index is 0.285. The Morgan fingerprint density at radius 3 is 2.57 bits per heavy atom. The van der Waals surface area contributed by atoms with E-state index in [1.54, 1.807) is 6.07 Å². The predicted octanol–water partition coefficient (Wildman–Crippen LogP) is 2.89. The molecule has 2 heteroatoms. The van der Waals surface area contributed by atoms with E-state index in [4.69, 9.17) is 5.26 Å². The van der Waals surface area contributed by atoms with Gasteiger partial charge in [0.25, 0.3) is 0 Å². The van der Waals surface area contributed by atoms with E-state index in [0.717, 1.165) is 16.7 Å². The van der Waals surface area contributed by atoms with Crippen molar-refractivity contribution in [3.05, 3.63) is 28.8 Å². The summed E-state index contributed by atoms with van der Waals surface area (Å²) in [5, 5.41) is 18.3. The quantitative estimate of drug-likeness (QED) is 0.777. The topological polar surface area (TPSA) is 44.0 Å². The highest BCUT2D eigenvalue weighted by Gasteiger charge is 2.09. The second kappa shape index (κ2) is 4.15. The Kier molecular flexibility index (Phi) is 3.14. The van der Waals surface area contributed by atoms with Crippen molar-refractivity contribution in [1.29, 1.82) is 5.26 Å². The number of aromatic hydroxyl groups is 1. The predicted molar refractivity (Wildman–Crippen MR) is 56.2 cm³/mol. The Balaban J connectivity index is 3.21. The van der Waals surface area contributed by atoms with Gasteiger partial charge in [0.05, 0.1) is 12.5 Å². The lowest BCUT2D eigenvalue weighted by molar-refractivity contribution is 0.464. The number of nitrogens with zero attached hydrogens (tertiary/aromatic N) is 1. The van der Waals surface area contributed by atoms with Gasteiger partial charge in [-0.25, -0.2) is 0 Å². The molecule has 0 atom stereocenters. The second-order valence-electron chi connectivity index (χ2n) is 3.83. The number of aryl methyl sites for hydroxylation is 1. The molecule has 14 heavy (non-hydrogen) atoms. The van der Waals surface area contributed by atoms with Crippen LogP contribution in [0.25, 0.3) is 0 Å². The molecule has 1 aromatic rings. The van der Waals surface area contributed by atoms with Gasteiger partial charge in [0.1, 0.15) is 5.75 Å². The van der Waals surface area contributed by atoms with Gasteiger partial charge in [-0.1, -0.05) is 19.9 Å². The van der Waals surface area contributed by atoms with Crippen LogP contribution in [0.4, 0.5) is 0 Å².